The molecule has 1 fully saturated rings. The molecule has 0 aliphatic carbocycles. The maximum absolute atomic E-state index is 12.5. The van der Waals surface area contributed by atoms with Crippen LogP contribution in [-0.2, 0) is 0 Å². The number of nitro groups is 1. The summed E-state index contributed by atoms with van der Waals surface area (Å²) >= 11 is 0. The second-order valence-electron chi connectivity index (χ2n) is 4.95. The molecule has 1 saturated heterocycles. The molecule has 6 nitrogen and oxygen atoms in total. The quantitative estimate of drug-likeness (QED) is 0.658. The molecule has 0 aromatic heterocycles. The summed E-state index contributed by atoms with van der Waals surface area (Å²) in [6.07, 6.45) is 1.86. The van der Waals surface area contributed by atoms with Gasteiger partial charge in [0.15, 0.2) is 0 Å². The van der Waals surface area contributed by atoms with Gasteiger partial charge in [0.05, 0.1) is 4.92 Å². The van der Waals surface area contributed by atoms with E-state index in [1.807, 2.05) is 11.8 Å². The van der Waals surface area contributed by atoms with Crippen LogP contribution in [0.4, 0.5) is 5.69 Å². The van der Waals surface area contributed by atoms with E-state index in [0.717, 1.165) is 25.9 Å². The number of nitro benzene ring substituents is 1. The number of nitrogens with one attached hydrogen (secondary N) is 1. The van der Waals surface area contributed by atoms with Crippen LogP contribution in [0.5, 0.6) is 0 Å². The van der Waals surface area contributed by atoms with Gasteiger partial charge < -0.3 is 10.2 Å². The second kappa shape index (κ2) is 6.47. The Morgan fingerprint density at radius 2 is 2.15 bits per heavy atom. The summed E-state index contributed by atoms with van der Waals surface area (Å²) in [5, 5.41) is 13.9. The summed E-state index contributed by atoms with van der Waals surface area (Å²) < 4.78 is 0. The van der Waals surface area contributed by atoms with E-state index in [1.54, 1.807) is 0 Å². The first-order chi connectivity index (χ1) is 9.63. The third-order valence-corrected chi connectivity index (χ3v) is 3.53. The van der Waals surface area contributed by atoms with E-state index in [-0.39, 0.29) is 17.6 Å². The number of nitrogens with zero attached hydrogens (tertiary/aromatic N) is 2. The molecule has 1 aliphatic rings. The minimum Gasteiger partial charge on any atom is -0.334 e. The normalized spacial score (nSPS) is 17.9. The van der Waals surface area contributed by atoms with E-state index >= 15 is 0 Å². The zero-order chi connectivity index (χ0) is 14.5. The Labute approximate surface area is 117 Å². The summed E-state index contributed by atoms with van der Waals surface area (Å²) in [6.45, 7) is 4.50. The number of rotatable bonds is 5. The van der Waals surface area contributed by atoms with Crippen LogP contribution >= 0.6 is 0 Å². The minimum atomic E-state index is -0.459. The summed E-state index contributed by atoms with van der Waals surface area (Å²) in [7, 11) is 0. The van der Waals surface area contributed by atoms with E-state index in [1.165, 1.54) is 24.3 Å². The van der Waals surface area contributed by atoms with Crippen molar-refractivity contribution in [1.29, 1.82) is 0 Å². The van der Waals surface area contributed by atoms with Crippen LogP contribution in [0.3, 0.4) is 0 Å². The monoisotopic (exact) mass is 277 g/mol. The average molecular weight is 277 g/mol. The molecule has 0 spiro atoms. The van der Waals surface area contributed by atoms with Crippen LogP contribution in [0.1, 0.15) is 30.1 Å². The van der Waals surface area contributed by atoms with E-state index in [4.69, 9.17) is 0 Å². The lowest BCUT2D eigenvalue weighted by molar-refractivity contribution is -0.384. The maximum Gasteiger partial charge on any atom is 0.269 e. The number of carbonyl (C=O) groups is 1. The summed E-state index contributed by atoms with van der Waals surface area (Å²) in [4.78, 5) is 24.6. The fraction of sp³-hybridized carbons (Fsp3) is 0.500. The van der Waals surface area contributed by atoms with E-state index < -0.39 is 4.92 Å². The summed E-state index contributed by atoms with van der Waals surface area (Å²) in [6, 6.07) is 6.04. The molecule has 108 valence electrons. The van der Waals surface area contributed by atoms with Crippen LogP contribution in [0.15, 0.2) is 24.3 Å². The van der Waals surface area contributed by atoms with Crippen molar-refractivity contribution >= 4 is 11.6 Å². The molecule has 1 unspecified atom stereocenters. The molecule has 2 rings (SSSR count). The molecular formula is C14H19N3O3. The van der Waals surface area contributed by atoms with Gasteiger partial charge in [-0.15, -0.1) is 0 Å². The molecular weight excluding hydrogens is 258 g/mol. The second-order valence-corrected chi connectivity index (χ2v) is 4.95. The van der Waals surface area contributed by atoms with Gasteiger partial charge in [-0.25, -0.2) is 0 Å². The molecule has 6 heteroatoms. The fourth-order valence-electron chi connectivity index (χ4n) is 2.49. The third kappa shape index (κ3) is 3.14. The highest BCUT2D eigenvalue weighted by Gasteiger charge is 2.26. The lowest BCUT2D eigenvalue weighted by Gasteiger charge is -2.28. The van der Waals surface area contributed by atoms with Gasteiger partial charge >= 0.3 is 0 Å². The van der Waals surface area contributed by atoms with Crippen molar-refractivity contribution in [3.05, 3.63) is 39.9 Å². The standard InChI is InChI=1S/C14H19N3O3/c1-2-9-16(13-7-8-15-10-13)14(18)11-3-5-12(6-4-11)17(19)20/h3-6,13,15H,2,7-10H2,1H3. The Balaban J connectivity index is 2.15. The largest absolute Gasteiger partial charge is 0.334 e. The number of amides is 1. The molecule has 0 radical (unpaired) electrons. The van der Waals surface area contributed by atoms with Gasteiger partial charge in [0.25, 0.3) is 11.6 Å². The van der Waals surface area contributed by atoms with Gasteiger partial charge in [0.1, 0.15) is 0 Å². The molecule has 1 amide bonds. The predicted octanol–water partition coefficient (Wildman–Crippen LogP) is 1.81. The number of carbonyl (C=O) groups excluding carboxylic acids is 1. The van der Waals surface area contributed by atoms with Crippen LogP contribution in [0.25, 0.3) is 0 Å². The van der Waals surface area contributed by atoms with Gasteiger partial charge in [-0.1, -0.05) is 6.92 Å². The van der Waals surface area contributed by atoms with Gasteiger partial charge in [-0.05, 0) is 31.5 Å². The summed E-state index contributed by atoms with van der Waals surface area (Å²) in [5.74, 6) is -0.0459. The van der Waals surface area contributed by atoms with Crippen molar-refractivity contribution in [3.63, 3.8) is 0 Å². The Morgan fingerprint density at radius 3 is 2.65 bits per heavy atom. The van der Waals surface area contributed by atoms with Gasteiger partial charge in [0.2, 0.25) is 0 Å². The highest BCUT2D eigenvalue weighted by Crippen LogP contribution is 2.17. The SMILES string of the molecule is CCCN(C(=O)c1ccc([N+](=O)[O-])cc1)C1CCNC1. The van der Waals surface area contributed by atoms with E-state index in [2.05, 4.69) is 5.32 Å². The molecule has 0 bridgehead atoms. The van der Waals surface area contributed by atoms with Crippen LogP contribution in [0.2, 0.25) is 0 Å². The smallest absolute Gasteiger partial charge is 0.269 e. The van der Waals surface area contributed by atoms with E-state index in [9.17, 15) is 14.9 Å². The number of hydrogen-bond acceptors (Lipinski definition) is 4. The lowest BCUT2D eigenvalue weighted by Crippen LogP contribution is -2.42. The van der Waals surface area contributed by atoms with Crippen molar-refractivity contribution in [1.82, 2.24) is 10.2 Å². The number of benzene rings is 1. The Bertz CT molecular complexity index is 481. The first kappa shape index (κ1) is 14.5. The Kier molecular flexibility index (Phi) is 4.68. The van der Waals surface area contributed by atoms with Crippen LogP contribution in [-0.4, -0.2) is 41.4 Å². The zero-order valence-corrected chi connectivity index (χ0v) is 11.5. The van der Waals surface area contributed by atoms with Crippen molar-refractivity contribution in [2.24, 2.45) is 0 Å². The third-order valence-electron chi connectivity index (χ3n) is 3.53. The molecule has 0 saturated carbocycles. The molecule has 1 N–H and O–H groups in total. The molecule has 1 aliphatic heterocycles. The first-order valence-electron chi connectivity index (χ1n) is 6.89. The highest BCUT2D eigenvalue weighted by atomic mass is 16.6. The van der Waals surface area contributed by atoms with Crippen molar-refractivity contribution in [3.8, 4) is 0 Å². The molecule has 1 aromatic rings. The fourth-order valence-corrected chi connectivity index (χ4v) is 2.49. The maximum atomic E-state index is 12.5. The zero-order valence-electron chi connectivity index (χ0n) is 11.5. The van der Waals surface area contributed by atoms with E-state index in [0.29, 0.717) is 12.1 Å². The molecule has 1 aromatic carbocycles. The summed E-state index contributed by atoms with van der Waals surface area (Å²) in [5.41, 5.74) is 0.516. The lowest BCUT2D eigenvalue weighted by atomic mass is 10.1. The molecule has 1 atom stereocenters. The van der Waals surface area contributed by atoms with Crippen LogP contribution in [0, 0.1) is 10.1 Å². The Morgan fingerprint density at radius 1 is 1.45 bits per heavy atom. The minimum absolute atomic E-state index is 0.00567. The highest BCUT2D eigenvalue weighted by molar-refractivity contribution is 5.94. The van der Waals surface area contributed by atoms with Crippen molar-refractivity contribution < 1.29 is 9.72 Å². The number of hydrogen-bond donors (Lipinski definition) is 1. The topological polar surface area (TPSA) is 75.5 Å². The van der Waals surface area contributed by atoms with Crippen LogP contribution < -0.4 is 5.32 Å². The van der Waals surface area contributed by atoms with Gasteiger partial charge in [-0.3, -0.25) is 14.9 Å². The van der Waals surface area contributed by atoms with Gasteiger partial charge in [0, 0.05) is 36.8 Å². The molecule has 20 heavy (non-hydrogen) atoms. The first-order valence-corrected chi connectivity index (χ1v) is 6.89. The Hall–Kier alpha value is -1.95. The van der Waals surface area contributed by atoms with Crippen molar-refractivity contribution in [2.75, 3.05) is 19.6 Å². The predicted molar refractivity (Wildman–Crippen MR) is 75.7 cm³/mol. The number of non-ortho nitro benzene ring substituents is 1. The van der Waals surface area contributed by atoms with Gasteiger partial charge in [-0.2, -0.15) is 0 Å². The van der Waals surface area contributed by atoms with Crippen molar-refractivity contribution in [2.45, 2.75) is 25.8 Å². The molecule has 1 heterocycles. The average Bonchev–Trinajstić information content (AvgIpc) is 2.98.